The fourth-order valence-corrected chi connectivity index (χ4v) is 4.19. The summed E-state index contributed by atoms with van der Waals surface area (Å²) in [5.41, 5.74) is 1.07. The van der Waals surface area contributed by atoms with Crippen LogP contribution in [0.25, 0.3) is 10.8 Å². The number of amides is 1. The summed E-state index contributed by atoms with van der Waals surface area (Å²) in [7, 11) is 1.68. The molecule has 23 heavy (non-hydrogen) atoms. The molecule has 2 aromatic carbocycles. The SMILES string of the molecule is CNC(=O)CCC1=NC(C)(c2ccc3ccccc3c2)CCS1. The van der Waals surface area contributed by atoms with Crippen molar-refractivity contribution in [2.75, 3.05) is 12.8 Å². The maximum absolute atomic E-state index is 11.5. The molecule has 1 aliphatic rings. The van der Waals surface area contributed by atoms with Crippen molar-refractivity contribution >= 4 is 33.5 Å². The van der Waals surface area contributed by atoms with Crippen molar-refractivity contribution in [3.63, 3.8) is 0 Å². The molecule has 0 aromatic heterocycles. The van der Waals surface area contributed by atoms with E-state index < -0.39 is 0 Å². The molecule has 1 aliphatic heterocycles. The molecule has 2 aromatic rings. The lowest BCUT2D eigenvalue weighted by atomic mass is 9.88. The van der Waals surface area contributed by atoms with Crippen LogP contribution in [0.1, 0.15) is 31.7 Å². The van der Waals surface area contributed by atoms with E-state index in [-0.39, 0.29) is 11.4 Å². The Balaban J connectivity index is 1.87. The van der Waals surface area contributed by atoms with Crippen LogP contribution in [-0.4, -0.2) is 23.8 Å². The van der Waals surface area contributed by atoms with Crippen molar-refractivity contribution in [1.82, 2.24) is 5.32 Å². The molecule has 0 aliphatic carbocycles. The van der Waals surface area contributed by atoms with Crippen LogP contribution in [0.3, 0.4) is 0 Å². The number of benzene rings is 2. The van der Waals surface area contributed by atoms with Crippen molar-refractivity contribution in [2.24, 2.45) is 4.99 Å². The van der Waals surface area contributed by atoms with Gasteiger partial charge in [-0.1, -0.05) is 36.4 Å². The van der Waals surface area contributed by atoms with Gasteiger partial charge in [0.1, 0.15) is 0 Å². The van der Waals surface area contributed by atoms with Crippen molar-refractivity contribution < 1.29 is 4.79 Å². The van der Waals surface area contributed by atoms with Crippen molar-refractivity contribution in [2.45, 2.75) is 31.7 Å². The molecule has 0 bridgehead atoms. The number of carbonyl (C=O) groups excluding carboxylic acids is 1. The molecule has 3 nitrogen and oxygen atoms in total. The van der Waals surface area contributed by atoms with Gasteiger partial charge in [-0.3, -0.25) is 9.79 Å². The Labute approximate surface area is 141 Å². The van der Waals surface area contributed by atoms with Gasteiger partial charge in [0, 0.05) is 25.6 Å². The summed E-state index contributed by atoms with van der Waals surface area (Å²) in [6.45, 7) is 2.21. The third-order valence-corrected chi connectivity index (χ3v) is 5.48. The number of fused-ring (bicyclic) bond motifs is 1. The Bertz CT molecular complexity index is 756. The van der Waals surface area contributed by atoms with Crippen LogP contribution < -0.4 is 5.32 Å². The molecule has 120 valence electrons. The summed E-state index contributed by atoms with van der Waals surface area (Å²) in [5, 5.41) is 6.28. The summed E-state index contributed by atoms with van der Waals surface area (Å²) in [4.78, 5) is 16.5. The van der Waals surface area contributed by atoms with Gasteiger partial charge in [0.05, 0.1) is 10.6 Å². The molecule has 1 amide bonds. The van der Waals surface area contributed by atoms with E-state index >= 15 is 0 Å². The number of aliphatic imine (C=N–C) groups is 1. The van der Waals surface area contributed by atoms with E-state index in [1.165, 1.54) is 16.3 Å². The highest BCUT2D eigenvalue weighted by Gasteiger charge is 2.30. The maximum Gasteiger partial charge on any atom is 0.220 e. The second-order valence-electron chi connectivity index (χ2n) is 6.11. The Morgan fingerprint density at radius 1 is 1.26 bits per heavy atom. The van der Waals surface area contributed by atoms with E-state index in [2.05, 4.69) is 54.7 Å². The lowest BCUT2D eigenvalue weighted by Gasteiger charge is -2.31. The smallest absolute Gasteiger partial charge is 0.220 e. The number of rotatable bonds is 4. The number of nitrogens with zero attached hydrogens (tertiary/aromatic N) is 1. The van der Waals surface area contributed by atoms with Gasteiger partial charge in [-0.2, -0.15) is 0 Å². The quantitative estimate of drug-likeness (QED) is 0.918. The fourth-order valence-electron chi connectivity index (χ4n) is 2.94. The molecule has 1 heterocycles. The summed E-state index contributed by atoms with van der Waals surface area (Å²) >= 11 is 1.79. The van der Waals surface area contributed by atoms with Crippen LogP contribution in [0.5, 0.6) is 0 Å². The van der Waals surface area contributed by atoms with Gasteiger partial charge in [-0.25, -0.2) is 0 Å². The van der Waals surface area contributed by atoms with Crippen LogP contribution >= 0.6 is 11.8 Å². The number of hydrogen-bond acceptors (Lipinski definition) is 3. The number of thioether (sulfide) groups is 1. The summed E-state index contributed by atoms with van der Waals surface area (Å²) in [6, 6.07) is 15.0. The van der Waals surface area contributed by atoms with Gasteiger partial charge < -0.3 is 5.32 Å². The molecule has 0 fully saturated rings. The molecular formula is C19H22N2OS. The highest BCUT2D eigenvalue weighted by molar-refractivity contribution is 8.14. The number of carbonyl (C=O) groups is 1. The van der Waals surface area contributed by atoms with Crippen molar-refractivity contribution in [3.05, 3.63) is 48.0 Å². The van der Waals surface area contributed by atoms with Crippen molar-refractivity contribution in [3.8, 4) is 0 Å². The summed E-state index contributed by atoms with van der Waals surface area (Å²) in [6.07, 6.45) is 2.27. The van der Waals surface area contributed by atoms with Crippen LogP contribution in [0.15, 0.2) is 47.5 Å². The molecule has 1 N–H and O–H groups in total. The molecule has 4 heteroatoms. The Morgan fingerprint density at radius 3 is 2.83 bits per heavy atom. The van der Waals surface area contributed by atoms with E-state index in [1.54, 1.807) is 18.8 Å². The first-order valence-electron chi connectivity index (χ1n) is 8.02. The average Bonchev–Trinajstić information content (AvgIpc) is 2.59. The van der Waals surface area contributed by atoms with Gasteiger partial charge >= 0.3 is 0 Å². The second kappa shape index (κ2) is 6.75. The van der Waals surface area contributed by atoms with Gasteiger partial charge in [0.2, 0.25) is 5.91 Å². The van der Waals surface area contributed by atoms with E-state index in [9.17, 15) is 4.79 Å². The molecule has 1 atom stereocenters. The highest BCUT2D eigenvalue weighted by atomic mass is 32.2. The van der Waals surface area contributed by atoms with E-state index in [0.717, 1.165) is 23.6 Å². The summed E-state index contributed by atoms with van der Waals surface area (Å²) < 4.78 is 0. The van der Waals surface area contributed by atoms with Crippen LogP contribution in [0.2, 0.25) is 0 Å². The van der Waals surface area contributed by atoms with Crippen LogP contribution in [-0.2, 0) is 10.3 Å². The fraction of sp³-hybridized carbons (Fsp3) is 0.368. The van der Waals surface area contributed by atoms with E-state index in [1.807, 2.05) is 0 Å². The zero-order valence-corrected chi connectivity index (χ0v) is 14.5. The minimum Gasteiger partial charge on any atom is -0.359 e. The topological polar surface area (TPSA) is 41.5 Å². The molecule has 0 saturated heterocycles. The Kier molecular flexibility index (Phi) is 4.71. The first-order valence-corrected chi connectivity index (χ1v) is 9.01. The summed E-state index contributed by atoms with van der Waals surface area (Å²) in [5.74, 6) is 1.13. The van der Waals surface area contributed by atoms with Gasteiger partial charge in [-0.05, 0) is 35.7 Å². The third-order valence-electron chi connectivity index (χ3n) is 4.45. The van der Waals surface area contributed by atoms with E-state index in [0.29, 0.717) is 6.42 Å². The van der Waals surface area contributed by atoms with Gasteiger partial charge in [0.25, 0.3) is 0 Å². The zero-order chi connectivity index (χ0) is 16.3. The maximum atomic E-state index is 11.5. The molecule has 1 unspecified atom stereocenters. The normalized spacial score (nSPS) is 21.0. The largest absolute Gasteiger partial charge is 0.359 e. The van der Waals surface area contributed by atoms with Crippen LogP contribution in [0.4, 0.5) is 0 Å². The van der Waals surface area contributed by atoms with Gasteiger partial charge in [-0.15, -0.1) is 11.8 Å². The number of nitrogens with one attached hydrogen (secondary N) is 1. The monoisotopic (exact) mass is 326 g/mol. The molecule has 0 saturated carbocycles. The first kappa shape index (κ1) is 16.1. The third kappa shape index (κ3) is 3.58. The predicted octanol–water partition coefficient (Wildman–Crippen LogP) is 4.12. The number of hydrogen-bond donors (Lipinski definition) is 1. The molecule has 3 rings (SSSR count). The minimum absolute atomic E-state index is 0.0753. The first-order chi connectivity index (χ1) is 11.1. The molecular weight excluding hydrogens is 304 g/mol. The minimum atomic E-state index is -0.187. The Morgan fingerprint density at radius 2 is 2.04 bits per heavy atom. The van der Waals surface area contributed by atoms with E-state index in [4.69, 9.17) is 4.99 Å². The zero-order valence-electron chi connectivity index (χ0n) is 13.6. The average molecular weight is 326 g/mol. The Hall–Kier alpha value is -1.81. The highest BCUT2D eigenvalue weighted by Crippen LogP contribution is 2.37. The lowest BCUT2D eigenvalue weighted by Crippen LogP contribution is -2.26. The standard InChI is InChI=1S/C19H22N2OS/c1-19(11-12-23-18(21-19)10-9-17(22)20-2)16-8-7-14-5-3-4-6-15(14)13-16/h3-8,13H,9-12H2,1-2H3,(H,20,22). The molecule has 0 spiro atoms. The van der Waals surface area contributed by atoms with Gasteiger partial charge in [0.15, 0.2) is 0 Å². The van der Waals surface area contributed by atoms with Crippen molar-refractivity contribution in [1.29, 1.82) is 0 Å². The lowest BCUT2D eigenvalue weighted by molar-refractivity contribution is -0.120. The molecule has 0 radical (unpaired) electrons. The predicted molar refractivity (Wildman–Crippen MR) is 99.1 cm³/mol. The second-order valence-corrected chi connectivity index (χ2v) is 7.28. The van der Waals surface area contributed by atoms with Crippen LogP contribution in [0, 0.1) is 0 Å².